The maximum absolute atomic E-state index is 12.7. The Morgan fingerprint density at radius 3 is 2.33 bits per heavy atom. The molecule has 1 aromatic rings. The molecule has 1 aromatic carbocycles. The van der Waals surface area contributed by atoms with Gasteiger partial charge in [-0.25, -0.2) is 13.6 Å². The molecule has 0 atom stereocenters. The van der Waals surface area contributed by atoms with Crippen LogP contribution in [0.25, 0.3) is 0 Å². The predicted molar refractivity (Wildman–Crippen MR) is 83.7 cm³/mol. The van der Waals surface area contributed by atoms with Crippen LogP contribution in [0.5, 0.6) is 0 Å². The molecule has 0 heterocycles. The molecule has 0 radical (unpaired) electrons. The number of amides is 1. The van der Waals surface area contributed by atoms with Crippen LogP contribution >= 0.6 is 0 Å². The van der Waals surface area contributed by atoms with Crippen LogP contribution in [0.3, 0.4) is 0 Å². The van der Waals surface area contributed by atoms with Gasteiger partial charge in [0.05, 0.1) is 4.90 Å². The molecular weight excluding hydrogens is 288 g/mol. The first-order valence-corrected chi connectivity index (χ1v) is 8.73. The molecule has 0 saturated carbocycles. The summed E-state index contributed by atoms with van der Waals surface area (Å²) in [5, 5.41) is 5.16. The largest absolute Gasteiger partial charge is 0.336 e. The minimum Gasteiger partial charge on any atom is -0.336 e. The van der Waals surface area contributed by atoms with Gasteiger partial charge >= 0.3 is 0 Å². The van der Waals surface area contributed by atoms with Crippen LogP contribution in [-0.2, 0) is 16.4 Å². The summed E-state index contributed by atoms with van der Waals surface area (Å²) in [4.78, 5) is 14.5. The fraction of sp³-hybridized carbons (Fsp3) is 0.533. The van der Waals surface area contributed by atoms with Gasteiger partial charge in [-0.15, -0.1) is 0 Å². The third kappa shape index (κ3) is 4.28. The molecule has 0 aliphatic heterocycles. The molecule has 0 fully saturated rings. The van der Waals surface area contributed by atoms with Crippen LogP contribution in [0, 0.1) is 0 Å². The summed E-state index contributed by atoms with van der Waals surface area (Å²) in [6, 6.07) is 4.56. The van der Waals surface area contributed by atoms with Gasteiger partial charge in [0.1, 0.15) is 0 Å². The van der Waals surface area contributed by atoms with Gasteiger partial charge in [-0.3, -0.25) is 4.79 Å². The number of carbonyl (C=O) groups is 1. The molecule has 5 nitrogen and oxygen atoms in total. The number of aryl methyl sites for hydroxylation is 1. The fourth-order valence-corrected chi connectivity index (χ4v) is 2.77. The molecule has 0 bridgehead atoms. The van der Waals surface area contributed by atoms with E-state index in [4.69, 9.17) is 5.14 Å². The molecule has 21 heavy (non-hydrogen) atoms. The molecule has 0 aromatic heterocycles. The normalized spacial score (nSPS) is 11.7. The Kier molecular flexibility index (Phi) is 5.92. The van der Waals surface area contributed by atoms with Crippen molar-refractivity contribution in [2.24, 2.45) is 5.14 Å². The summed E-state index contributed by atoms with van der Waals surface area (Å²) in [5.41, 5.74) is 1.25. The molecule has 0 spiro atoms. The summed E-state index contributed by atoms with van der Waals surface area (Å²) >= 11 is 0. The molecule has 118 valence electrons. The van der Waals surface area contributed by atoms with E-state index < -0.39 is 10.0 Å². The second kappa shape index (κ2) is 7.04. The highest BCUT2D eigenvalue weighted by atomic mass is 32.2. The second-order valence-electron chi connectivity index (χ2n) is 5.31. The number of nitrogens with zero attached hydrogens (tertiary/aromatic N) is 1. The van der Waals surface area contributed by atoms with Crippen LogP contribution in [0.1, 0.15) is 50.0 Å². The van der Waals surface area contributed by atoms with E-state index in [1.54, 1.807) is 11.0 Å². The summed E-state index contributed by atoms with van der Waals surface area (Å²) in [6.07, 6.45) is 1.50. The lowest BCUT2D eigenvalue weighted by Gasteiger charge is -2.27. The average Bonchev–Trinajstić information content (AvgIpc) is 2.42. The zero-order chi connectivity index (χ0) is 16.2. The molecular formula is C15H24N2O3S. The Bertz CT molecular complexity index is 609. The quantitative estimate of drug-likeness (QED) is 0.874. The van der Waals surface area contributed by atoms with Crippen LogP contribution < -0.4 is 5.14 Å². The van der Waals surface area contributed by atoms with Crippen LogP contribution in [0.15, 0.2) is 23.1 Å². The van der Waals surface area contributed by atoms with Gasteiger partial charge in [0.2, 0.25) is 10.0 Å². The van der Waals surface area contributed by atoms with Crippen LogP contribution in [0.2, 0.25) is 0 Å². The van der Waals surface area contributed by atoms with E-state index in [0.29, 0.717) is 18.5 Å². The predicted octanol–water partition coefficient (Wildman–Crippen LogP) is 2.16. The third-order valence-electron chi connectivity index (χ3n) is 3.37. The minimum absolute atomic E-state index is 0.0248. The maximum atomic E-state index is 12.7. The van der Waals surface area contributed by atoms with Gasteiger partial charge in [-0.2, -0.15) is 0 Å². The summed E-state index contributed by atoms with van der Waals surface area (Å²) in [7, 11) is -3.81. The number of sulfonamides is 1. The zero-order valence-electron chi connectivity index (χ0n) is 13.1. The van der Waals surface area contributed by atoms with Crippen molar-refractivity contribution in [2.75, 3.05) is 6.54 Å². The second-order valence-corrected chi connectivity index (χ2v) is 6.87. The summed E-state index contributed by atoms with van der Waals surface area (Å²) in [5.74, 6) is -0.144. The minimum atomic E-state index is -3.81. The van der Waals surface area contributed by atoms with Crippen molar-refractivity contribution in [3.05, 3.63) is 29.3 Å². The average molecular weight is 312 g/mol. The van der Waals surface area contributed by atoms with E-state index in [1.165, 1.54) is 12.1 Å². The highest BCUT2D eigenvalue weighted by molar-refractivity contribution is 7.89. The Hall–Kier alpha value is -1.40. The SMILES string of the molecule is CCCN(C(=O)c1cc(S(N)(=O)=O)ccc1CC)C(C)C. The lowest BCUT2D eigenvalue weighted by atomic mass is 10.0. The lowest BCUT2D eigenvalue weighted by Crippen LogP contribution is -2.38. The number of carbonyl (C=O) groups excluding carboxylic acids is 1. The summed E-state index contributed by atoms with van der Waals surface area (Å²) in [6.45, 7) is 8.47. The lowest BCUT2D eigenvalue weighted by molar-refractivity contribution is 0.0704. The molecule has 0 aliphatic rings. The third-order valence-corrected chi connectivity index (χ3v) is 4.28. The summed E-state index contributed by atoms with van der Waals surface area (Å²) < 4.78 is 23.0. The van der Waals surface area contributed by atoms with Crippen molar-refractivity contribution >= 4 is 15.9 Å². The van der Waals surface area contributed by atoms with Crippen molar-refractivity contribution in [3.63, 3.8) is 0 Å². The number of nitrogens with two attached hydrogens (primary N) is 1. The Morgan fingerprint density at radius 1 is 1.29 bits per heavy atom. The Balaban J connectivity index is 3.35. The van der Waals surface area contributed by atoms with E-state index in [2.05, 4.69) is 0 Å². The first-order chi connectivity index (χ1) is 9.72. The standard InChI is InChI=1S/C15H24N2O3S/c1-5-9-17(11(3)4)15(18)14-10-13(21(16,19)20)8-7-12(14)6-2/h7-8,10-11H,5-6,9H2,1-4H3,(H2,16,19,20). The highest BCUT2D eigenvalue weighted by Gasteiger charge is 2.22. The molecule has 1 rings (SSSR count). The van der Waals surface area contributed by atoms with E-state index in [-0.39, 0.29) is 16.8 Å². The maximum Gasteiger partial charge on any atom is 0.254 e. The number of benzene rings is 1. The highest BCUT2D eigenvalue weighted by Crippen LogP contribution is 2.19. The van der Waals surface area contributed by atoms with Crippen molar-refractivity contribution in [2.45, 2.75) is 51.5 Å². The van der Waals surface area contributed by atoms with Crippen molar-refractivity contribution in [1.29, 1.82) is 0 Å². The molecule has 0 unspecified atom stereocenters. The van der Waals surface area contributed by atoms with Crippen molar-refractivity contribution < 1.29 is 13.2 Å². The van der Waals surface area contributed by atoms with Crippen molar-refractivity contribution in [1.82, 2.24) is 4.90 Å². The fourth-order valence-electron chi connectivity index (χ4n) is 2.23. The Labute approximate surface area is 127 Å². The zero-order valence-corrected chi connectivity index (χ0v) is 13.9. The first kappa shape index (κ1) is 17.7. The molecule has 6 heteroatoms. The number of primary sulfonamides is 1. The topological polar surface area (TPSA) is 80.5 Å². The van der Waals surface area contributed by atoms with Gasteiger partial charge in [-0.1, -0.05) is 19.9 Å². The van der Waals surface area contributed by atoms with Gasteiger partial charge in [0.15, 0.2) is 0 Å². The number of rotatable bonds is 6. The van der Waals surface area contributed by atoms with E-state index in [9.17, 15) is 13.2 Å². The van der Waals surface area contributed by atoms with E-state index >= 15 is 0 Å². The molecule has 1 amide bonds. The smallest absolute Gasteiger partial charge is 0.254 e. The number of hydrogen-bond donors (Lipinski definition) is 1. The van der Waals surface area contributed by atoms with E-state index in [0.717, 1.165) is 12.0 Å². The first-order valence-electron chi connectivity index (χ1n) is 7.19. The van der Waals surface area contributed by atoms with Crippen LogP contribution in [0.4, 0.5) is 0 Å². The van der Waals surface area contributed by atoms with Crippen molar-refractivity contribution in [3.8, 4) is 0 Å². The van der Waals surface area contributed by atoms with Gasteiger partial charge in [0, 0.05) is 18.2 Å². The number of hydrogen-bond acceptors (Lipinski definition) is 3. The van der Waals surface area contributed by atoms with Gasteiger partial charge in [0.25, 0.3) is 5.91 Å². The molecule has 0 saturated heterocycles. The monoisotopic (exact) mass is 312 g/mol. The van der Waals surface area contributed by atoms with Crippen LogP contribution in [-0.4, -0.2) is 31.8 Å². The Morgan fingerprint density at radius 2 is 1.90 bits per heavy atom. The van der Waals surface area contributed by atoms with Gasteiger partial charge < -0.3 is 4.90 Å². The van der Waals surface area contributed by atoms with Gasteiger partial charge in [-0.05, 0) is 44.4 Å². The molecule has 2 N–H and O–H groups in total. The van der Waals surface area contributed by atoms with E-state index in [1.807, 2.05) is 27.7 Å². The molecule has 0 aliphatic carbocycles.